The normalized spacial score (nSPS) is 11.9. The highest BCUT2D eigenvalue weighted by Gasteiger charge is 2.07. The van der Waals surface area contributed by atoms with Crippen molar-refractivity contribution in [1.82, 2.24) is 15.0 Å². The van der Waals surface area contributed by atoms with Crippen molar-refractivity contribution in [2.45, 2.75) is 13.5 Å². The molecule has 4 rings (SSSR count). The summed E-state index contributed by atoms with van der Waals surface area (Å²) in [5, 5.41) is 11.8. The van der Waals surface area contributed by atoms with Gasteiger partial charge in [-0.2, -0.15) is 5.11 Å². The fourth-order valence-corrected chi connectivity index (χ4v) is 3.34. The standard InChI is InChI=1S/C16H13N5S/c1-10-8-22-15-14(10)18-9-19-16(15)21-20-7-11-2-3-13-12(6-11)4-5-17-13/h2-6,8-9,17H,7H2,1H3. The van der Waals surface area contributed by atoms with Crippen LogP contribution in [0.3, 0.4) is 0 Å². The SMILES string of the molecule is Cc1csc2c(N=NCc3ccc4[nH]ccc4c3)ncnc12. The summed E-state index contributed by atoms with van der Waals surface area (Å²) in [6.07, 6.45) is 3.48. The molecule has 1 aromatic carbocycles. The van der Waals surface area contributed by atoms with Gasteiger partial charge in [0.2, 0.25) is 0 Å². The summed E-state index contributed by atoms with van der Waals surface area (Å²) in [6, 6.07) is 8.29. The molecule has 1 N–H and O–H groups in total. The van der Waals surface area contributed by atoms with E-state index in [0.29, 0.717) is 12.4 Å². The Hall–Kier alpha value is -2.60. The van der Waals surface area contributed by atoms with Crippen LogP contribution in [-0.2, 0) is 6.54 Å². The van der Waals surface area contributed by atoms with Crippen molar-refractivity contribution in [3.05, 3.63) is 53.3 Å². The first-order valence-corrected chi connectivity index (χ1v) is 7.81. The number of nitrogens with one attached hydrogen (secondary N) is 1. The van der Waals surface area contributed by atoms with Gasteiger partial charge in [0.1, 0.15) is 6.33 Å². The molecule has 0 unspecified atom stereocenters. The molecule has 3 heterocycles. The minimum atomic E-state index is 0.539. The zero-order chi connectivity index (χ0) is 14.9. The van der Waals surface area contributed by atoms with E-state index in [-0.39, 0.29) is 0 Å². The molecule has 0 spiro atoms. The second-order valence-corrected chi connectivity index (χ2v) is 5.97. The van der Waals surface area contributed by atoms with Crippen molar-refractivity contribution < 1.29 is 0 Å². The number of azo groups is 1. The van der Waals surface area contributed by atoms with Crippen molar-refractivity contribution in [2.75, 3.05) is 0 Å². The van der Waals surface area contributed by atoms with Crippen LogP contribution in [0.2, 0.25) is 0 Å². The number of aromatic amines is 1. The van der Waals surface area contributed by atoms with Gasteiger partial charge in [0.25, 0.3) is 0 Å². The van der Waals surface area contributed by atoms with Crippen LogP contribution in [0.15, 0.2) is 52.4 Å². The number of fused-ring (bicyclic) bond motifs is 2. The largest absolute Gasteiger partial charge is 0.361 e. The third kappa shape index (κ3) is 2.27. The highest BCUT2D eigenvalue weighted by molar-refractivity contribution is 7.17. The van der Waals surface area contributed by atoms with Crippen LogP contribution in [0, 0.1) is 6.92 Å². The van der Waals surface area contributed by atoms with E-state index >= 15 is 0 Å². The zero-order valence-electron chi connectivity index (χ0n) is 11.9. The molecule has 5 nitrogen and oxygen atoms in total. The van der Waals surface area contributed by atoms with E-state index in [4.69, 9.17) is 0 Å². The van der Waals surface area contributed by atoms with Gasteiger partial charge in [0.05, 0.1) is 16.8 Å². The second-order valence-electron chi connectivity index (χ2n) is 5.09. The Morgan fingerprint density at radius 2 is 2.18 bits per heavy atom. The Morgan fingerprint density at radius 3 is 3.14 bits per heavy atom. The lowest BCUT2D eigenvalue weighted by Gasteiger charge is -1.97. The quantitative estimate of drug-likeness (QED) is 0.554. The maximum atomic E-state index is 4.29. The van der Waals surface area contributed by atoms with E-state index in [1.54, 1.807) is 17.7 Å². The van der Waals surface area contributed by atoms with E-state index in [1.807, 2.05) is 13.1 Å². The lowest BCUT2D eigenvalue weighted by molar-refractivity contribution is 0.949. The van der Waals surface area contributed by atoms with E-state index in [9.17, 15) is 0 Å². The molecule has 0 aliphatic rings. The van der Waals surface area contributed by atoms with Gasteiger partial charge in [0, 0.05) is 11.7 Å². The van der Waals surface area contributed by atoms with Gasteiger partial charge in [-0.3, -0.25) is 0 Å². The summed E-state index contributed by atoms with van der Waals surface area (Å²) in [6.45, 7) is 2.58. The summed E-state index contributed by atoms with van der Waals surface area (Å²) in [7, 11) is 0. The summed E-state index contributed by atoms with van der Waals surface area (Å²) in [5.41, 5.74) is 4.37. The molecule has 108 valence electrons. The smallest absolute Gasteiger partial charge is 0.195 e. The Kier molecular flexibility index (Phi) is 3.16. The van der Waals surface area contributed by atoms with Crippen LogP contribution in [0.25, 0.3) is 21.1 Å². The van der Waals surface area contributed by atoms with Crippen LogP contribution < -0.4 is 0 Å². The van der Waals surface area contributed by atoms with Gasteiger partial charge >= 0.3 is 0 Å². The number of H-pyrrole nitrogens is 1. The van der Waals surface area contributed by atoms with Gasteiger partial charge in [-0.1, -0.05) is 6.07 Å². The number of nitrogens with zero attached hydrogens (tertiary/aromatic N) is 4. The first-order valence-electron chi connectivity index (χ1n) is 6.93. The molecule has 6 heteroatoms. The van der Waals surface area contributed by atoms with Crippen LogP contribution >= 0.6 is 11.3 Å². The number of aryl methyl sites for hydroxylation is 1. The third-order valence-corrected chi connectivity index (χ3v) is 4.63. The molecule has 0 amide bonds. The van der Waals surface area contributed by atoms with E-state index in [0.717, 1.165) is 26.9 Å². The fourth-order valence-electron chi connectivity index (χ4n) is 2.41. The lowest BCUT2D eigenvalue weighted by Crippen LogP contribution is -1.82. The first-order chi connectivity index (χ1) is 10.8. The Bertz CT molecular complexity index is 982. The van der Waals surface area contributed by atoms with Gasteiger partial charge in [-0.25, -0.2) is 9.97 Å². The average Bonchev–Trinajstić information content (AvgIpc) is 3.14. The van der Waals surface area contributed by atoms with Crippen LogP contribution in [0.4, 0.5) is 5.82 Å². The van der Waals surface area contributed by atoms with Crippen molar-refractivity contribution in [1.29, 1.82) is 0 Å². The average molecular weight is 307 g/mol. The van der Waals surface area contributed by atoms with Gasteiger partial charge in [0.15, 0.2) is 5.82 Å². The molecule has 4 aromatic rings. The number of thiophene rings is 1. The van der Waals surface area contributed by atoms with Crippen molar-refractivity contribution in [3.63, 3.8) is 0 Å². The van der Waals surface area contributed by atoms with E-state index < -0.39 is 0 Å². The molecular weight excluding hydrogens is 294 g/mol. The lowest BCUT2D eigenvalue weighted by atomic mass is 10.1. The van der Waals surface area contributed by atoms with Crippen LogP contribution in [-0.4, -0.2) is 15.0 Å². The summed E-state index contributed by atoms with van der Waals surface area (Å²) in [5.74, 6) is 0.644. The zero-order valence-corrected chi connectivity index (χ0v) is 12.8. The molecule has 0 bridgehead atoms. The number of benzene rings is 1. The van der Waals surface area contributed by atoms with Gasteiger partial charge in [-0.05, 0) is 47.0 Å². The summed E-state index contributed by atoms with van der Waals surface area (Å²) >= 11 is 1.61. The van der Waals surface area contributed by atoms with Crippen LogP contribution in [0.1, 0.15) is 11.1 Å². The molecule has 0 atom stereocenters. The molecular formula is C16H13N5S. The van der Waals surface area contributed by atoms with E-state index in [2.05, 4.69) is 54.8 Å². The highest BCUT2D eigenvalue weighted by Crippen LogP contribution is 2.30. The van der Waals surface area contributed by atoms with Crippen molar-refractivity contribution in [3.8, 4) is 0 Å². The molecule has 3 aromatic heterocycles. The number of aromatic nitrogens is 3. The Labute approximate surface area is 130 Å². The maximum Gasteiger partial charge on any atom is 0.195 e. The molecule has 22 heavy (non-hydrogen) atoms. The summed E-state index contributed by atoms with van der Waals surface area (Å²) < 4.78 is 0.991. The predicted octanol–water partition coefficient (Wildman–Crippen LogP) is 4.76. The molecule has 0 fully saturated rings. The number of rotatable bonds is 3. The molecule has 0 saturated heterocycles. The topological polar surface area (TPSA) is 66.3 Å². The van der Waals surface area contributed by atoms with Crippen molar-refractivity contribution in [2.24, 2.45) is 10.2 Å². The van der Waals surface area contributed by atoms with E-state index in [1.165, 1.54) is 5.39 Å². The first kappa shape index (κ1) is 13.1. The van der Waals surface area contributed by atoms with Crippen LogP contribution in [0.5, 0.6) is 0 Å². The Balaban J connectivity index is 1.60. The number of hydrogen-bond acceptors (Lipinski definition) is 5. The predicted molar refractivity (Wildman–Crippen MR) is 88.7 cm³/mol. The Morgan fingerprint density at radius 1 is 1.23 bits per heavy atom. The minimum Gasteiger partial charge on any atom is -0.361 e. The summed E-state index contributed by atoms with van der Waals surface area (Å²) in [4.78, 5) is 11.7. The van der Waals surface area contributed by atoms with Gasteiger partial charge in [-0.15, -0.1) is 16.5 Å². The molecule has 0 radical (unpaired) electrons. The van der Waals surface area contributed by atoms with Crippen molar-refractivity contribution >= 4 is 38.3 Å². The molecule has 0 aliphatic carbocycles. The second kappa shape index (κ2) is 5.31. The highest BCUT2D eigenvalue weighted by atomic mass is 32.1. The number of hydrogen-bond donors (Lipinski definition) is 1. The monoisotopic (exact) mass is 307 g/mol. The third-order valence-electron chi connectivity index (χ3n) is 3.55. The van der Waals surface area contributed by atoms with Gasteiger partial charge < -0.3 is 4.98 Å². The molecule has 0 saturated carbocycles. The fraction of sp³-hybridized carbons (Fsp3) is 0.125. The molecule has 0 aliphatic heterocycles. The maximum absolute atomic E-state index is 4.29. The minimum absolute atomic E-state index is 0.539.